The molecule has 8 nitrogen and oxygen atoms in total. The molecule has 0 aliphatic rings. The summed E-state index contributed by atoms with van der Waals surface area (Å²) < 4.78 is 301. The second-order valence-electron chi connectivity index (χ2n) is 15.6. The molecule has 2 heterocycles. The number of carbonyl (C=O) groups is 2. The fraction of sp³-hybridized carbons (Fsp3) is 0.267. The summed E-state index contributed by atoms with van der Waals surface area (Å²) in [5.74, 6) is -18.8. The molecule has 0 amide bonds. The minimum absolute atomic E-state index is 0.0540. The second-order valence-corrected chi connectivity index (χ2v) is 17.3. The lowest BCUT2D eigenvalue weighted by Crippen LogP contribution is -2.59. The van der Waals surface area contributed by atoms with Crippen LogP contribution in [0.5, 0.6) is 11.5 Å². The zero-order valence-corrected chi connectivity index (χ0v) is 39.9. The number of alkyl halides is 22. The van der Waals surface area contributed by atoms with Crippen molar-refractivity contribution in [3.63, 3.8) is 0 Å². The molecule has 0 N–H and O–H groups in total. The number of aromatic nitrogens is 2. The summed E-state index contributed by atoms with van der Waals surface area (Å²) >= 11 is 5.08. The third-order valence-corrected chi connectivity index (χ3v) is 12.2. The number of nitrogens with zero attached hydrogens (tertiary/aromatic N) is 3. The molecule has 2 unspecified atom stereocenters. The number of ketones is 2. The Bertz CT molecular complexity index is 3270. The maximum atomic E-state index is 14.9. The van der Waals surface area contributed by atoms with E-state index in [0.717, 1.165) is 12.3 Å². The predicted octanol–water partition coefficient (Wildman–Crippen LogP) is 15.0. The Morgan fingerprint density at radius 3 is 1.38 bits per heavy atom. The van der Waals surface area contributed by atoms with Gasteiger partial charge in [-0.2, -0.15) is 97.8 Å². The standard InChI is InChI=1S/C23H10BrF11N2O2.C22H11BrF11NO3/c24-15-6-12(20(27,22(30,31)32)21(28,29)23(33,34)35)7-18(39-19(25)26)14(15)8-17(38)11-2-4-16-10(5-11)1-3-13(9-36)37-16;23-14-7-12(19(26,21(29,30)31)20(27,28)22(32,33)34)8-17(38-18(24)25)13(14)9-16(36)11-3-4-15-10(6-11)2-1-5-35(15)37/h1-7,19H,8H2;1-8,18H,9H2. The van der Waals surface area contributed by atoms with Gasteiger partial charge in [0.15, 0.2) is 17.8 Å². The molecular weight excluding hydrogens is 1240 g/mol. The molecule has 32 heteroatoms. The molecule has 0 spiro atoms. The molecule has 0 aliphatic carbocycles. The van der Waals surface area contributed by atoms with Gasteiger partial charge in [-0.3, -0.25) is 9.59 Å². The smallest absolute Gasteiger partial charge is 0.457 e. The van der Waals surface area contributed by atoms with Gasteiger partial charge in [0.1, 0.15) is 23.3 Å². The molecule has 0 aliphatic heterocycles. The number of carbonyl (C=O) groups excluding carboxylic acids is 2. The van der Waals surface area contributed by atoms with Crippen LogP contribution in [0.1, 0.15) is 48.7 Å². The monoisotopic (exact) mass is 1260 g/mol. The first kappa shape index (κ1) is 61.2. The van der Waals surface area contributed by atoms with Crippen LogP contribution in [0.4, 0.5) is 96.6 Å². The summed E-state index contributed by atoms with van der Waals surface area (Å²) in [7, 11) is 0. The van der Waals surface area contributed by atoms with Gasteiger partial charge in [0.25, 0.3) is 0 Å². The summed E-state index contributed by atoms with van der Waals surface area (Å²) in [4.78, 5) is 29.6. The average molecular weight is 1260 g/mol. The molecule has 2 atom stereocenters. The van der Waals surface area contributed by atoms with Crippen molar-refractivity contribution in [2.75, 3.05) is 0 Å². The van der Waals surface area contributed by atoms with Gasteiger partial charge in [-0.05, 0) is 72.8 Å². The largest absolute Gasteiger partial charge is 0.618 e. The van der Waals surface area contributed by atoms with Crippen LogP contribution < -0.4 is 14.2 Å². The number of pyridine rings is 2. The summed E-state index contributed by atoms with van der Waals surface area (Å²) in [6.07, 6.45) is -28.6. The number of rotatable bonds is 14. The van der Waals surface area contributed by atoms with E-state index in [1.807, 2.05) is 0 Å². The van der Waals surface area contributed by atoms with Crippen LogP contribution in [-0.2, 0) is 24.2 Å². The minimum atomic E-state index is -7.05. The Labute approximate surface area is 430 Å². The minimum Gasteiger partial charge on any atom is -0.618 e. The molecule has 0 saturated heterocycles. The summed E-state index contributed by atoms with van der Waals surface area (Å²) in [5.41, 5.74) is -18.8. The van der Waals surface area contributed by atoms with Gasteiger partial charge >= 0.3 is 61.1 Å². The lowest BCUT2D eigenvalue weighted by atomic mass is 9.86. The molecule has 4 aromatic carbocycles. The molecule has 6 rings (SSSR count). The van der Waals surface area contributed by atoms with E-state index < -0.39 is 134 Å². The number of fused-ring (bicyclic) bond motifs is 2. The average Bonchev–Trinajstić information content (AvgIpc) is 3.30. The molecule has 0 radical (unpaired) electrons. The topological polar surface area (TPSA) is 116 Å². The Hall–Kier alpha value is -6.65. The van der Waals surface area contributed by atoms with Crippen LogP contribution in [-0.4, -0.2) is 66.3 Å². The van der Waals surface area contributed by atoms with Gasteiger partial charge in [0, 0.05) is 78.1 Å². The number of benzene rings is 4. The van der Waals surface area contributed by atoms with E-state index >= 15 is 0 Å². The molecular formula is C45H21Br2F22N3O5. The fourth-order valence-corrected chi connectivity index (χ4v) is 8.22. The summed E-state index contributed by atoms with van der Waals surface area (Å²) in [6.45, 7) is -7.72. The van der Waals surface area contributed by atoms with E-state index in [0.29, 0.717) is 10.1 Å². The molecule has 0 bridgehead atoms. The van der Waals surface area contributed by atoms with Crippen LogP contribution in [0.25, 0.3) is 21.8 Å². The molecule has 6 aromatic rings. The normalized spacial score (nSPS) is 14.4. The molecule has 0 saturated carbocycles. The molecule has 2 aromatic heterocycles. The lowest BCUT2D eigenvalue weighted by molar-refractivity contribution is -0.577. The van der Waals surface area contributed by atoms with Crippen LogP contribution in [0.15, 0.2) is 100 Å². The van der Waals surface area contributed by atoms with E-state index in [-0.39, 0.29) is 51.4 Å². The first-order chi connectivity index (χ1) is 35.1. The first-order valence-corrected chi connectivity index (χ1v) is 21.7. The van der Waals surface area contributed by atoms with Gasteiger partial charge in [0.2, 0.25) is 5.52 Å². The van der Waals surface area contributed by atoms with E-state index in [9.17, 15) is 111 Å². The van der Waals surface area contributed by atoms with Gasteiger partial charge < -0.3 is 14.7 Å². The van der Waals surface area contributed by atoms with Crippen LogP contribution in [0.3, 0.4) is 0 Å². The van der Waals surface area contributed by atoms with Crippen molar-refractivity contribution < 1.29 is 120 Å². The highest BCUT2D eigenvalue weighted by atomic mass is 79.9. The maximum Gasteiger partial charge on any atom is 0.457 e. The number of halogens is 24. The Balaban J connectivity index is 0.000000284. The third-order valence-electron chi connectivity index (χ3n) is 10.8. The number of ether oxygens (including phenoxy) is 2. The first-order valence-electron chi connectivity index (χ1n) is 20.1. The number of hydrogen-bond acceptors (Lipinski definition) is 7. The Morgan fingerprint density at radius 2 is 0.987 bits per heavy atom. The maximum absolute atomic E-state index is 14.9. The quantitative estimate of drug-likeness (QED) is 0.0461. The van der Waals surface area contributed by atoms with E-state index in [1.165, 1.54) is 54.6 Å². The highest BCUT2D eigenvalue weighted by Crippen LogP contribution is 2.61. The second kappa shape index (κ2) is 21.6. The lowest BCUT2D eigenvalue weighted by Gasteiger charge is -2.36. The highest BCUT2D eigenvalue weighted by Gasteiger charge is 2.83. The van der Waals surface area contributed by atoms with Gasteiger partial charge in [0.05, 0.1) is 5.52 Å². The van der Waals surface area contributed by atoms with Crippen molar-refractivity contribution in [2.45, 2.75) is 74.0 Å². The Kier molecular flexibility index (Phi) is 17.2. The number of nitriles is 1. The van der Waals surface area contributed by atoms with Crippen molar-refractivity contribution in [3.05, 3.63) is 144 Å². The third kappa shape index (κ3) is 11.9. The predicted molar refractivity (Wildman–Crippen MR) is 227 cm³/mol. The van der Waals surface area contributed by atoms with Crippen LogP contribution in [0, 0.1) is 16.5 Å². The van der Waals surface area contributed by atoms with Crippen molar-refractivity contribution in [1.29, 1.82) is 5.26 Å². The van der Waals surface area contributed by atoms with Crippen molar-refractivity contribution >= 4 is 65.2 Å². The zero-order chi connectivity index (χ0) is 58.4. The van der Waals surface area contributed by atoms with Crippen molar-refractivity contribution in [2.24, 2.45) is 0 Å². The highest BCUT2D eigenvalue weighted by molar-refractivity contribution is 9.10. The van der Waals surface area contributed by atoms with Crippen molar-refractivity contribution in [3.8, 4) is 17.6 Å². The molecule has 77 heavy (non-hydrogen) atoms. The van der Waals surface area contributed by atoms with Crippen molar-refractivity contribution in [1.82, 2.24) is 4.98 Å². The van der Waals surface area contributed by atoms with Crippen LogP contribution in [0.2, 0.25) is 0 Å². The summed E-state index contributed by atoms with van der Waals surface area (Å²) in [5, 5.41) is 21.3. The van der Waals surface area contributed by atoms with Gasteiger partial charge in [-0.15, -0.1) is 0 Å². The van der Waals surface area contributed by atoms with Crippen LogP contribution >= 0.6 is 31.9 Å². The number of Topliss-reactive ketones (excluding diaryl/α,β-unsaturated/α-hetero) is 2. The number of hydrogen-bond donors (Lipinski definition) is 0. The Morgan fingerprint density at radius 1 is 0.571 bits per heavy atom. The van der Waals surface area contributed by atoms with E-state index in [4.69, 9.17) is 5.26 Å². The van der Waals surface area contributed by atoms with E-state index in [2.05, 4.69) is 46.3 Å². The summed E-state index contributed by atoms with van der Waals surface area (Å²) in [6, 6.07) is 13.7. The molecule has 0 fully saturated rings. The van der Waals surface area contributed by atoms with E-state index in [1.54, 1.807) is 6.07 Å². The fourth-order valence-electron chi connectivity index (χ4n) is 7.06. The van der Waals surface area contributed by atoms with Gasteiger partial charge in [-0.25, -0.2) is 13.8 Å². The molecule has 414 valence electrons. The SMILES string of the molecule is N#Cc1ccc2cc(C(=O)Cc3c(Br)cc(C(F)(C(F)(F)F)C(F)(F)C(F)(F)F)cc3OC(F)F)ccc2n1.O=C(Cc1c(Br)cc(C(F)(C(F)(F)F)C(F)(F)C(F)(F)F)cc1OC(F)F)c1ccc2c(ccc[n+]2[O-])c1. The zero-order valence-electron chi connectivity index (χ0n) is 36.7. The van der Waals surface area contributed by atoms with Gasteiger partial charge in [-0.1, -0.05) is 31.9 Å².